The van der Waals surface area contributed by atoms with Gasteiger partial charge >= 0.3 is 0 Å². The van der Waals surface area contributed by atoms with Crippen molar-refractivity contribution in [1.29, 1.82) is 0 Å². The third kappa shape index (κ3) is 2.56. The number of nitrogens with one attached hydrogen (secondary N) is 1. The van der Waals surface area contributed by atoms with E-state index in [9.17, 15) is 0 Å². The molecule has 0 radical (unpaired) electrons. The van der Waals surface area contributed by atoms with E-state index in [0.29, 0.717) is 13.2 Å². The smallest absolute Gasteiger partial charge is 0.183 e. The van der Waals surface area contributed by atoms with Crippen LogP contribution in [0.3, 0.4) is 0 Å². The third-order valence-corrected chi connectivity index (χ3v) is 3.58. The number of thiazole rings is 1. The summed E-state index contributed by atoms with van der Waals surface area (Å²) in [4.78, 5) is 4.50. The molecule has 3 rings (SSSR count). The van der Waals surface area contributed by atoms with Crippen molar-refractivity contribution in [3.63, 3.8) is 0 Å². The summed E-state index contributed by atoms with van der Waals surface area (Å²) in [7, 11) is 0. The third-order valence-electron chi connectivity index (χ3n) is 2.76. The summed E-state index contributed by atoms with van der Waals surface area (Å²) in [6.45, 7) is 4.86. The van der Waals surface area contributed by atoms with Gasteiger partial charge < -0.3 is 14.8 Å². The largest absolute Gasteiger partial charge is 0.485 e. The van der Waals surface area contributed by atoms with Crippen LogP contribution in [0, 0.1) is 0 Å². The average Bonchev–Trinajstić information content (AvgIpc) is 2.93. The lowest BCUT2D eigenvalue weighted by molar-refractivity contribution is 0.0888. The first kappa shape index (κ1) is 12.0. The zero-order valence-electron chi connectivity index (χ0n) is 10.3. The average molecular weight is 274 g/mol. The number of hydrogen-bond donors (Lipinski definition) is 1. The summed E-state index contributed by atoms with van der Waals surface area (Å²) < 4.78 is 11.6. The predicted molar refractivity (Wildman–Crippen MR) is 76.1 cm³/mol. The molecule has 5 heteroatoms. The first-order valence-electron chi connectivity index (χ1n) is 6.05. The van der Waals surface area contributed by atoms with Gasteiger partial charge in [0.25, 0.3) is 0 Å². The summed E-state index contributed by atoms with van der Waals surface area (Å²) in [6.07, 6.45) is 1.66. The highest BCUT2D eigenvalue weighted by Crippen LogP contribution is 2.36. The molecule has 1 aliphatic rings. The number of para-hydroxylation sites is 2. The van der Waals surface area contributed by atoms with Gasteiger partial charge in [0.2, 0.25) is 0 Å². The van der Waals surface area contributed by atoms with Crippen LogP contribution in [0.1, 0.15) is 11.8 Å². The number of ether oxygens (including phenoxy) is 2. The molecule has 0 aliphatic carbocycles. The van der Waals surface area contributed by atoms with Crippen molar-refractivity contribution in [2.45, 2.75) is 6.10 Å². The van der Waals surface area contributed by atoms with Gasteiger partial charge in [-0.3, -0.25) is 0 Å². The van der Waals surface area contributed by atoms with Crippen LogP contribution < -0.4 is 14.8 Å². The quantitative estimate of drug-likeness (QED) is 0.869. The Balaban J connectivity index is 1.74. The SMILES string of the molecule is C=CCNc1nc(C2COc3ccccc3O2)cs1. The van der Waals surface area contributed by atoms with Gasteiger partial charge in [-0.2, -0.15) is 0 Å². The minimum absolute atomic E-state index is 0.148. The van der Waals surface area contributed by atoms with Crippen LogP contribution in [0.4, 0.5) is 5.13 Å². The van der Waals surface area contributed by atoms with Crippen LogP contribution in [0.2, 0.25) is 0 Å². The van der Waals surface area contributed by atoms with Gasteiger partial charge in [0.05, 0.1) is 5.69 Å². The Hall–Kier alpha value is -2.01. The summed E-state index contributed by atoms with van der Waals surface area (Å²) >= 11 is 1.56. The highest BCUT2D eigenvalue weighted by Gasteiger charge is 2.24. The number of benzene rings is 1. The maximum Gasteiger partial charge on any atom is 0.183 e. The first-order valence-corrected chi connectivity index (χ1v) is 6.93. The molecular formula is C14H14N2O2S. The molecule has 0 bridgehead atoms. The standard InChI is InChI=1S/C14H14N2O2S/c1-2-7-15-14-16-10(9-19-14)13-8-17-11-5-3-4-6-12(11)18-13/h2-6,9,13H,1,7-8H2,(H,15,16). The van der Waals surface area contributed by atoms with E-state index in [0.717, 1.165) is 22.3 Å². The fraction of sp³-hybridized carbons (Fsp3) is 0.214. The molecule has 2 aromatic rings. The van der Waals surface area contributed by atoms with Crippen molar-refractivity contribution < 1.29 is 9.47 Å². The van der Waals surface area contributed by atoms with Crippen LogP contribution >= 0.6 is 11.3 Å². The van der Waals surface area contributed by atoms with Gasteiger partial charge in [0, 0.05) is 11.9 Å². The van der Waals surface area contributed by atoms with Gasteiger partial charge in [0.1, 0.15) is 6.61 Å². The van der Waals surface area contributed by atoms with Crippen molar-refractivity contribution in [2.24, 2.45) is 0 Å². The molecule has 2 heterocycles. The van der Waals surface area contributed by atoms with Crippen LogP contribution in [0.5, 0.6) is 11.5 Å². The minimum Gasteiger partial charge on any atom is -0.485 e. The molecule has 4 nitrogen and oxygen atoms in total. The van der Waals surface area contributed by atoms with Crippen molar-refractivity contribution in [3.05, 3.63) is 48.0 Å². The van der Waals surface area contributed by atoms with E-state index in [1.807, 2.05) is 29.6 Å². The van der Waals surface area contributed by atoms with E-state index in [1.54, 1.807) is 17.4 Å². The van der Waals surface area contributed by atoms with Gasteiger partial charge in [-0.25, -0.2) is 4.98 Å². The normalized spacial score (nSPS) is 16.9. The molecule has 1 atom stereocenters. The molecule has 1 aliphatic heterocycles. The van der Waals surface area contributed by atoms with Crippen molar-refractivity contribution in [1.82, 2.24) is 4.98 Å². The van der Waals surface area contributed by atoms with Crippen LogP contribution in [0.15, 0.2) is 42.3 Å². The second kappa shape index (κ2) is 5.32. The van der Waals surface area contributed by atoms with Gasteiger partial charge in [-0.1, -0.05) is 18.2 Å². The minimum atomic E-state index is -0.148. The molecular weight excluding hydrogens is 260 g/mol. The zero-order valence-corrected chi connectivity index (χ0v) is 11.2. The van der Waals surface area contributed by atoms with E-state index in [-0.39, 0.29) is 6.10 Å². The molecule has 1 aromatic heterocycles. The van der Waals surface area contributed by atoms with Crippen molar-refractivity contribution in [3.8, 4) is 11.5 Å². The lowest BCUT2D eigenvalue weighted by Gasteiger charge is -2.25. The Labute approximate surface area is 115 Å². The summed E-state index contributed by atoms with van der Waals surface area (Å²) in [5.74, 6) is 1.56. The Morgan fingerprint density at radius 1 is 1.42 bits per heavy atom. The summed E-state index contributed by atoms with van der Waals surface area (Å²) in [5.41, 5.74) is 0.895. The first-order chi connectivity index (χ1) is 9.36. The van der Waals surface area contributed by atoms with Gasteiger partial charge in [-0.15, -0.1) is 17.9 Å². The topological polar surface area (TPSA) is 43.4 Å². The number of nitrogens with zero attached hydrogens (tertiary/aromatic N) is 1. The highest BCUT2D eigenvalue weighted by atomic mass is 32.1. The molecule has 98 valence electrons. The molecule has 0 fully saturated rings. The molecule has 1 aromatic carbocycles. The predicted octanol–water partition coefficient (Wildman–Crippen LogP) is 3.25. The molecule has 1 unspecified atom stereocenters. The Kier molecular flexibility index (Phi) is 3.37. The van der Waals surface area contributed by atoms with Crippen molar-refractivity contribution >= 4 is 16.5 Å². The second-order valence-corrected chi connectivity index (χ2v) is 4.97. The Morgan fingerprint density at radius 3 is 3.11 bits per heavy atom. The van der Waals surface area contributed by atoms with Crippen molar-refractivity contribution in [2.75, 3.05) is 18.5 Å². The van der Waals surface area contributed by atoms with Gasteiger partial charge in [0.15, 0.2) is 22.7 Å². The zero-order chi connectivity index (χ0) is 13.1. The highest BCUT2D eigenvalue weighted by molar-refractivity contribution is 7.13. The van der Waals surface area contributed by atoms with Crippen LogP contribution in [-0.4, -0.2) is 18.1 Å². The van der Waals surface area contributed by atoms with Crippen LogP contribution in [-0.2, 0) is 0 Å². The number of hydrogen-bond acceptors (Lipinski definition) is 5. The number of aromatic nitrogens is 1. The fourth-order valence-electron chi connectivity index (χ4n) is 1.84. The van der Waals surface area contributed by atoms with Gasteiger partial charge in [-0.05, 0) is 12.1 Å². The van der Waals surface area contributed by atoms with Crippen LogP contribution in [0.25, 0.3) is 0 Å². The Bertz CT molecular complexity index is 582. The van der Waals surface area contributed by atoms with E-state index in [2.05, 4.69) is 16.9 Å². The number of anilines is 1. The lowest BCUT2D eigenvalue weighted by atomic mass is 10.2. The monoisotopic (exact) mass is 274 g/mol. The molecule has 1 N–H and O–H groups in total. The molecule has 0 saturated carbocycles. The molecule has 0 spiro atoms. The van der Waals surface area contributed by atoms with E-state index in [1.165, 1.54) is 0 Å². The maximum atomic E-state index is 5.91. The molecule has 0 amide bonds. The van der Waals surface area contributed by atoms with E-state index < -0.39 is 0 Å². The maximum absolute atomic E-state index is 5.91. The number of fused-ring (bicyclic) bond motifs is 1. The molecule has 19 heavy (non-hydrogen) atoms. The fourth-order valence-corrected chi connectivity index (χ4v) is 2.60. The Morgan fingerprint density at radius 2 is 2.26 bits per heavy atom. The number of rotatable bonds is 4. The summed E-state index contributed by atoms with van der Waals surface area (Å²) in [6, 6.07) is 7.68. The lowest BCUT2D eigenvalue weighted by Crippen LogP contribution is -2.21. The van der Waals surface area contributed by atoms with E-state index in [4.69, 9.17) is 9.47 Å². The van der Waals surface area contributed by atoms with E-state index >= 15 is 0 Å². The second-order valence-electron chi connectivity index (χ2n) is 4.11. The summed E-state index contributed by atoms with van der Waals surface area (Å²) in [5, 5.41) is 6.03. The molecule has 0 saturated heterocycles.